The molecular weight excluding hydrogens is 278 g/mol. The number of halogens is 1. The van der Waals surface area contributed by atoms with Crippen molar-refractivity contribution in [2.24, 2.45) is 0 Å². The molecule has 2 aromatic heterocycles. The van der Waals surface area contributed by atoms with Gasteiger partial charge in [0.1, 0.15) is 5.58 Å². The van der Waals surface area contributed by atoms with Gasteiger partial charge in [-0.1, -0.05) is 23.4 Å². The molecule has 6 heteroatoms. The number of nitrogens with one attached hydrogen (secondary N) is 1. The lowest BCUT2D eigenvalue weighted by molar-refractivity contribution is 0.372. The number of nitrogens with zero attached hydrogens (tertiary/aromatic N) is 2. The average Bonchev–Trinajstić information content (AvgIpc) is 2.98. The smallest absolute Gasteiger partial charge is 0.227 e. The standard InChI is InChI=1S/C14H14ClN3O2/c1-9-17-13(20-18-9)6-7-16-8-11-10-4-2-3-5-12(10)19-14(11)15/h2-5,16H,6-8H2,1H3. The van der Waals surface area contributed by atoms with E-state index in [2.05, 4.69) is 15.5 Å². The van der Waals surface area contributed by atoms with Gasteiger partial charge in [-0.05, 0) is 24.6 Å². The average molecular weight is 292 g/mol. The Morgan fingerprint density at radius 2 is 2.15 bits per heavy atom. The van der Waals surface area contributed by atoms with Crippen LogP contribution >= 0.6 is 11.6 Å². The summed E-state index contributed by atoms with van der Waals surface area (Å²) < 4.78 is 10.6. The van der Waals surface area contributed by atoms with Crippen LogP contribution in [0.4, 0.5) is 0 Å². The Hall–Kier alpha value is -1.85. The molecular formula is C14H14ClN3O2. The third-order valence-electron chi connectivity index (χ3n) is 3.04. The zero-order valence-electron chi connectivity index (χ0n) is 11.0. The molecule has 3 aromatic rings. The minimum absolute atomic E-state index is 0.437. The van der Waals surface area contributed by atoms with E-state index in [9.17, 15) is 0 Å². The number of furan rings is 1. The zero-order valence-corrected chi connectivity index (χ0v) is 11.8. The molecule has 2 heterocycles. The Bertz CT molecular complexity index is 720. The molecule has 0 fully saturated rings. The first-order valence-corrected chi connectivity index (χ1v) is 6.77. The highest BCUT2D eigenvalue weighted by Crippen LogP contribution is 2.29. The molecule has 104 valence electrons. The molecule has 0 saturated heterocycles. The van der Waals surface area contributed by atoms with Gasteiger partial charge in [-0.25, -0.2) is 0 Å². The Balaban J connectivity index is 1.61. The van der Waals surface area contributed by atoms with E-state index in [4.69, 9.17) is 20.5 Å². The molecule has 0 saturated carbocycles. The topological polar surface area (TPSA) is 64.1 Å². The van der Waals surface area contributed by atoms with Crippen molar-refractivity contribution in [3.63, 3.8) is 0 Å². The van der Waals surface area contributed by atoms with Crippen LogP contribution in [0.1, 0.15) is 17.3 Å². The largest absolute Gasteiger partial charge is 0.444 e. The van der Waals surface area contributed by atoms with Gasteiger partial charge in [0.05, 0.1) is 0 Å². The summed E-state index contributed by atoms with van der Waals surface area (Å²) in [5, 5.41) is 8.53. The van der Waals surface area contributed by atoms with Gasteiger partial charge in [-0.15, -0.1) is 0 Å². The SMILES string of the molecule is Cc1noc(CCNCc2c(Cl)oc3ccccc23)n1. The van der Waals surface area contributed by atoms with Gasteiger partial charge >= 0.3 is 0 Å². The van der Waals surface area contributed by atoms with E-state index in [1.54, 1.807) is 6.92 Å². The first kappa shape index (κ1) is 13.1. The van der Waals surface area contributed by atoms with Crippen LogP contribution in [-0.4, -0.2) is 16.7 Å². The third-order valence-corrected chi connectivity index (χ3v) is 3.34. The summed E-state index contributed by atoms with van der Waals surface area (Å²) in [6.45, 7) is 3.18. The molecule has 0 aliphatic carbocycles. The van der Waals surface area contributed by atoms with Gasteiger partial charge < -0.3 is 14.3 Å². The van der Waals surface area contributed by atoms with E-state index >= 15 is 0 Å². The van der Waals surface area contributed by atoms with Gasteiger partial charge in [0, 0.05) is 30.5 Å². The maximum absolute atomic E-state index is 6.12. The second kappa shape index (κ2) is 5.64. The molecule has 0 spiro atoms. The molecule has 0 atom stereocenters. The summed E-state index contributed by atoms with van der Waals surface area (Å²) in [5.74, 6) is 1.29. The quantitative estimate of drug-likeness (QED) is 0.732. The fraction of sp³-hybridized carbons (Fsp3) is 0.286. The second-order valence-electron chi connectivity index (χ2n) is 4.51. The molecule has 20 heavy (non-hydrogen) atoms. The number of hydrogen-bond acceptors (Lipinski definition) is 5. The highest BCUT2D eigenvalue weighted by atomic mass is 35.5. The maximum atomic E-state index is 6.12. The summed E-state index contributed by atoms with van der Waals surface area (Å²) in [6.07, 6.45) is 0.689. The van der Waals surface area contributed by atoms with Gasteiger partial charge in [0.15, 0.2) is 11.0 Å². The first-order valence-electron chi connectivity index (χ1n) is 6.40. The van der Waals surface area contributed by atoms with Crippen molar-refractivity contribution in [2.75, 3.05) is 6.54 Å². The van der Waals surface area contributed by atoms with E-state index in [1.807, 2.05) is 24.3 Å². The summed E-state index contributed by atoms with van der Waals surface area (Å²) in [5.41, 5.74) is 1.78. The Morgan fingerprint density at radius 3 is 2.95 bits per heavy atom. The number of aryl methyl sites for hydroxylation is 1. The lowest BCUT2D eigenvalue weighted by Gasteiger charge is -2.01. The molecule has 0 aliphatic heterocycles. The van der Waals surface area contributed by atoms with E-state index < -0.39 is 0 Å². The molecule has 1 aromatic carbocycles. The Kier molecular flexibility index (Phi) is 3.71. The normalized spacial score (nSPS) is 11.3. The van der Waals surface area contributed by atoms with Crippen molar-refractivity contribution in [1.29, 1.82) is 0 Å². The Morgan fingerprint density at radius 1 is 1.30 bits per heavy atom. The zero-order chi connectivity index (χ0) is 13.9. The highest BCUT2D eigenvalue weighted by molar-refractivity contribution is 6.30. The van der Waals surface area contributed by atoms with Gasteiger partial charge in [-0.3, -0.25) is 0 Å². The molecule has 0 unspecified atom stereocenters. The summed E-state index contributed by atoms with van der Waals surface area (Å²) >= 11 is 6.12. The molecule has 0 radical (unpaired) electrons. The van der Waals surface area contributed by atoms with Crippen LogP contribution in [0.15, 0.2) is 33.2 Å². The van der Waals surface area contributed by atoms with Gasteiger partial charge in [-0.2, -0.15) is 4.98 Å². The maximum Gasteiger partial charge on any atom is 0.227 e. The van der Waals surface area contributed by atoms with Crippen molar-refractivity contribution in [3.05, 3.63) is 46.8 Å². The molecule has 5 nitrogen and oxygen atoms in total. The molecule has 0 amide bonds. The molecule has 0 aliphatic rings. The number of benzene rings is 1. The monoisotopic (exact) mass is 291 g/mol. The Labute approximate surface area is 120 Å². The predicted octanol–water partition coefficient (Wildman–Crippen LogP) is 3.11. The van der Waals surface area contributed by atoms with E-state index in [0.717, 1.165) is 23.1 Å². The van der Waals surface area contributed by atoms with Crippen molar-refractivity contribution < 1.29 is 8.94 Å². The van der Waals surface area contributed by atoms with Crippen LogP contribution in [0.2, 0.25) is 5.22 Å². The molecule has 0 bridgehead atoms. The van der Waals surface area contributed by atoms with Crippen LogP contribution in [0.3, 0.4) is 0 Å². The number of para-hydroxylation sites is 1. The van der Waals surface area contributed by atoms with Crippen molar-refractivity contribution >= 4 is 22.6 Å². The predicted molar refractivity (Wildman–Crippen MR) is 75.7 cm³/mol. The third kappa shape index (κ3) is 2.69. The number of hydrogen-bond donors (Lipinski definition) is 1. The number of rotatable bonds is 5. The lowest BCUT2D eigenvalue weighted by atomic mass is 10.2. The second-order valence-corrected chi connectivity index (χ2v) is 4.86. The van der Waals surface area contributed by atoms with Crippen molar-refractivity contribution in [1.82, 2.24) is 15.5 Å². The van der Waals surface area contributed by atoms with Crippen LogP contribution in [0.5, 0.6) is 0 Å². The number of fused-ring (bicyclic) bond motifs is 1. The van der Waals surface area contributed by atoms with Gasteiger partial charge in [0.2, 0.25) is 5.89 Å². The summed E-state index contributed by atoms with van der Waals surface area (Å²) in [6, 6.07) is 7.81. The molecule has 3 rings (SSSR count). The lowest BCUT2D eigenvalue weighted by Crippen LogP contribution is -2.16. The van der Waals surface area contributed by atoms with Gasteiger partial charge in [0.25, 0.3) is 0 Å². The number of aromatic nitrogens is 2. The van der Waals surface area contributed by atoms with Crippen molar-refractivity contribution in [3.8, 4) is 0 Å². The molecule has 1 N–H and O–H groups in total. The fourth-order valence-electron chi connectivity index (χ4n) is 2.08. The van der Waals surface area contributed by atoms with Crippen LogP contribution < -0.4 is 5.32 Å². The van der Waals surface area contributed by atoms with Crippen LogP contribution in [0, 0.1) is 6.92 Å². The van der Waals surface area contributed by atoms with Crippen LogP contribution in [0.25, 0.3) is 11.0 Å². The van der Waals surface area contributed by atoms with Crippen LogP contribution in [-0.2, 0) is 13.0 Å². The summed E-state index contributed by atoms with van der Waals surface area (Å²) in [4.78, 5) is 4.15. The highest BCUT2D eigenvalue weighted by Gasteiger charge is 2.11. The minimum atomic E-state index is 0.437. The van der Waals surface area contributed by atoms with E-state index in [-0.39, 0.29) is 0 Å². The van der Waals surface area contributed by atoms with Crippen molar-refractivity contribution in [2.45, 2.75) is 19.9 Å². The fourth-order valence-corrected chi connectivity index (χ4v) is 2.34. The van der Waals surface area contributed by atoms with E-state index in [0.29, 0.717) is 29.9 Å². The minimum Gasteiger partial charge on any atom is -0.444 e. The van der Waals surface area contributed by atoms with E-state index in [1.165, 1.54) is 0 Å². The first-order chi connectivity index (χ1) is 9.74. The summed E-state index contributed by atoms with van der Waals surface area (Å²) in [7, 11) is 0.